The lowest BCUT2D eigenvalue weighted by atomic mass is 10.1. The summed E-state index contributed by atoms with van der Waals surface area (Å²) in [4.78, 5) is 13.7. The van der Waals surface area contributed by atoms with E-state index in [4.69, 9.17) is 0 Å². The molecular weight excluding hydrogens is 311 g/mol. The number of alkyl halides is 3. The summed E-state index contributed by atoms with van der Waals surface area (Å²) in [7, 11) is 0. The first kappa shape index (κ1) is 15.0. The van der Waals surface area contributed by atoms with Gasteiger partial charge < -0.3 is 0 Å². The monoisotopic (exact) mass is 323 g/mol. The molecule has 0 bridgehead atoms. The minimum Gasteiger partial charge on any atom is -0.295 e. The zero-order chi connectivity index (χ0) is 15.7. The Bertz CT molecular complexity index is 670. The molecule has 1 aliphatic heterocycles. The molecule has 1 saturated heterocycles. The Morgan fingerprint density at radius 3 is 2.23 bits per heavy atom. The normalized spacial score (nSPS) is 18.8. The van der Waals surface area contributed by atoms with E-state index in [1.807, 2.05) is 30.3 Å². The molecule has 3 rings (SSSR count). The van der Waals surface area contributed by atoms with E-state index < -0.39 is 11.7 Å². The molecule has 0 aromatic heterocycles. The molecule has 114 valence electrons. The molecule has 1 aliphatic rings. The largest absolute Gasteiger partial charge is 0.416 e. The third-order valence-corrected chi connectivity index (χ3v) is 4.64. The van der Waals surface area contributed by atoms with Crippen LogP contribution in [0, 0.1) is 0 Å². The first-order chi connectivity index (χ1) is 10.5. The second-order valence-electron chi connectivity index (χ2n) is 4.88. The molecule has 0 aliphatic carbocycles. The van der Waals surface area contributed by atoms with Gasteiger partial charge in [-0.3, -0.25) is 9.69 Å². The van der Waals surface area contributed by atoms with Crippen molar-refractivity contribution in [3.05, 3.63) is 65.7 Å². The predicted octanol–water partition coefficient (Wildman–Crippen LogP) is 4.48. The van der Waals surface area contributed by atoms with Crippen molar-refractivity contribution in [2.45, 2.75) is 11.6 Å². The Morgan fingerprint density at radius 2 is 1.64 bits per heavy atom. The van der Waals surface area contributed by atoms with Crippen LogP contribution >= 0.6 is 11.8 Å². The maximum atomic E-state index is 12.6. The van der Waals surface area contributed by atoms with E-state index in [2.05, 4.69) is 0 Å². The summed E-state index contributed by atoms with van der Waals surface area (Å²) in [5.74, 6) is 0.222. The van der Waals surface area contributed by atoms with Gasteiger partial charge in [-0.1, -0.05) is 30.3 Å². The Hall–Kier alpha value is -1.95. The maximum Gasteiger partial charge on any atom is 0.416 e. The number of hydrogen-bond acceptors (Lipinski definition) is 2. The van der Waals surface area contributed by atoms with Crippen LogP contribution in [0.15, 0.2) is 54.6 Å². The fourth-order valence-electron chi connectivity index (χ4n) is 2.38. The number of thioether (sulfide) groups is 1. The molecule has 1 amide bonds. The van der Waals surface area contributed by atoms with E-state index in [-0.39, 0.29) is 11.3 Å². The van der Waals surface area contributed by atoms with Gasteiger partial charge in [-0.2, -0.15) is 13.2 Å². The Labute approximate surface area is 129 Å². The van der Waals surface area contributed by atoms with Crippen LogP contribution in [0.3, 0.4) is 0 Å². The number of carbonyl (C=O) groups is 1. The molecule has 1 heterocycles. The van der Waals surface area contributed by atoms with Crippen molar-refractivity contribution in [1.82, 2.24) is 0 Å². The molecule has 0 unspecified atom stereocenters. The third-order valence-electron chi connectivity index (χ3n) is 3.43. The summed E-state index contributed by atoms with van der Waals surface area (Å²) in [6.07, 6.45) is -4.37. The fourth-order valence-corrected chi connectivity index (χ4v) is 3.56. The third kappa shape index (κ3) is 2.83. The first-order valence-electron chi connectivity index (χ1n) is 6.63. The summed E-state index contributed by atoms with van der Waals surface area (Å²) in [6.45, 7) is 0. The number of halogens is 3. The summed E-state index contributed by atoms with van der Waals surface area (Å²) >= 11 is 1.47. The van der Waals surface area contributed by atoms with Crippen LogP contribution in [0.2, 0.25) is 0 Å². The van der Waals surface area contributed by atoms with Gasteiger partial charge in [0.2, 0.25) is 5.91 Å². The van der Waals surface area contributed by atoms with Crippen molar-refractivity contribution in [2.75, 3.05) is 10.7 Å². The Balaban J connectivity index is 1.93. The zero-order valence-electron chi connectivity index (χ0n) is 11.4. The van der Waals surface area contributed by atoms with Crippen LogP contribution in [0.1, 0.15) is 16.5 Å². The lowest BCUT2D eigenvalue weighted by Crippen LogP contribution is -2.27. The number of carbonyl (C=O) groups excluding carboxylic acids is 1. The average molecular weight is 323 g/mol. The zero-order valence-corrected chi connectivity index (χ0v) is 12.2. The van der Waals surface area contributed by atoms with Crippen LogP contribution in [0.25, 0.3) is 0 Å². The second kappa shape index (κ2) is 5.68. The quantitative estimate of drug-likeness (QED) is 0.812. The van der Waals surface area contributed by atoms with E-state index in [0.717, 1.165) is 17.7 Å². The van der Waals surface area contributed by atoms with Crippen molar-refractivity contribution in [3.8, 4) is 0 Å². The number of amides is 1. The van der Waals surface area contributed by atoms with E-state index in [1.165, 1.54) is 23.9 Å². The molecule has 1 atom stereocenters. The highest BCUT2D eigenvalue weighted by molar-refractivity contribution is 8.00. The van der Waals surface area contributed by atoms with Crippen molar-refractivity contribution >= 4 is 23.4 Å². The Kier molecular flexibility index (Phi) is 3.87. The van der Waals surface area contributed by atoms with E-state index in [1.54, 1.807) is 4.90 Å². The molecule has 2 aromatic carbocycles. The van der Waals surface area contributed by atoms with E-state index in [0.29, 0.717) is 11.4 Å². The van der Waals surface area contributed by atoms with Gasteiger partial charge in [0.1, 0.15) is 5.37 Å². The standard InChI is InChI=1S/C16H12F3NOS/c17-16(18,19)12-6-8-13(9-7-12)20-14(21)10-22-15(20)11-4-2-1-3-5-11/h1-9,15H,10H2/t15-/m0/s1. The summed E-state index contributed by atoms with van der Waals surface area (Å²) in [5, 5.41) is -0.203. The highest BCUT2D eigenvalue weighted by atomic mass is 32.2. The second-order valence-corrected chi connectivity index (χ2v) is 5.95. The highest BCUT2D eigenvalue weighted by Crippen LogP contribution is 2.42. The first-order valence-corrected chi connectivity index (χ1v) is 7.67. The number of hydrogen-bond donors (Lipinski definition) is 0. The van der Waals surface area contributed by atoms with E-state index >= 15 is 0 Å². The number of anilines is 1. The van der Waals surface area contributed by atoms with Gasteiger partial charge in [-0.25, -0.2) is 0 Å². The summed E-state index contributed by atoms with van der Waals surface area (Å²) in [5.41, 5.74) is 0.724. The Morgan fingerprint density at radius 1 is 1.00 bits per heavy atom. The molecule has 2 nitrogen and oxygen atoms in total. The summed E-state index contributed by atoms with van der Waals surface area (Å²) in [6, 6.07) is 14.2. The molecule has 6 heteroatoms. The lowest BCUT2D eigenvalue weighted by molar-refractivity contribution is -0.137. The molecule has 0 radical (unpaired) electrons. The summed E-state index contributed by atoms with van der Waals surface area (Å²) < 4.78 is 37.9. The lowest BCUT2D eigenvalue weighted by Gasteiger charge is -2.24. The van der Waals surface area contributed by atoms with Gasteiger partial charge in [0, 0.05) is 5.69 Å². The SMILES string of the molecule is O=C1CS[C@@H](c2ccccc2)N1c1ccc(C(F)(F)F)cc1. The average Bonchev–Trinajstić information content (AvgIpc) is 2.89. The van der Waals surface area contributed by atoms with Crippen molar-refractivity contribution < 1.29 is 18.0 Å². The minimum absolute atomic E-state index is 0.0985. The smallest absolute Gasteiger partial charge is 0.295 e. The maximum absolute atomic E-state index is 12.6. The molecule has 0 saturated carbocycles. The molecule has 1 fully saturated rings. The number of rotatable bonds is 2. The predicted molar refractivity (Wildman–Crippen MR) is 80.6 cm³/mol. The van der Waals surface area contributed by atoms with Crippen molar-refractivity contribution in [1.29, 1.82) is 0 Å². The van der Waals surface area contributed by atoms with Gasteiger partial charge in [-0.05, 0) is 29.8 Å². The number of benzene rings is 2. The van der Waals surface area contributed by atoms with Crippen LogP contribution in [0.5, 0.6) is 0 Å². The van der Waals surface area contributed by atoms with Gasteiger partial charge in [0.25, 0.3) is 0 Å². The highest BCUT2D eigenvalue weighted by Gasteiger charge is 2.35. The fraction of sp³-hybridized carbons (Fsp3) is 0.188. The number of nitrogens with zero attached hydrogens (tertiary/aromatic N) is 1. The van der Waals surface area contributed by atoms with Gasteiger partial charge in [0.05, 0.1) is 11.3 Å². The topological polar surface area (TPSA) is 20.3 Å². The molecule has 0 spiro atoms. The molecule has 22 heavy (non-hydrogen) atoms. The van der Waals surface area contributed by atoms with Crippen LogP contribution in [-0.4, -0.2) is 11.7 Å². The van der Waals surface area contributed by atoms with Crippen LogP contribution < -0.4 is 4.90 Å². The van der Waals surface area contributed by atoms with Gasteiger partial charge in [-0.15, -0.1) is 11.8 Å². The molecule has 0 N–H and O–H groups in total. The van der Waals surface area contributed by atoms with Crippen molar-refractivity contribution in [3.63, 3.8) is 0 Å². The van der Waals surface area contributed by atoms with Gasteiger partial charge in [0.15, 0.2) is 0 Å². The van der Waals surface area contributed by atoms with Crippen LogP contribution in [0.4, 0.5) is 18.9 Å². The molecular formula is C16H12F3NOS. The van der Waals surface area contributed by atoms with Crippen molar-refractivity contribution in [2.24, 2.45) is 0 Å². The molecule has 2 aromatic rings. The van der Waals surface area contributed by atoms with E-state index in [9.17, 15) is 18.0 Å². The minimum atomic E-state index is -4.37. The van der Waals surface area contributed by atoms with Gasteiger partial charge >= 0.3 is 6.18 Å². The van der Waals surface area contributed by atoms with Crippen LogP contribution in [-0.2, 0) is 11.0 Å².